The van der Waals surface area contributed by atoms with Crippen LogP contribution in [0.3, 0.4) is 0 Å². The summed E-state index contributed by atoms with van der Waals surface area (Å²) >= 11 is 7.16. The minimum Gasteiger partial charge on any atom is -0.379 e. The van der Waals surface area contributed by atoms with Crippen LogP contribution in [0.4, 0.5) is 0 Å². The topological polar surface area (TPSA) is 9.23 Å². The van der Waals surface area contributed by atoms with Crippen molar-refractivity contribution in [1.82, 2.24) is 0 Å². The van der Waals surface area contributed by atoms with Gasteiger partial charge in [0.15, 0.2) is 0 Å². The third kappa shape index (κ3) is 3.25. The second-order valence-corrected chi connectivity index (χ2v) is 4.51. The summed E-state index contributed by atoms with van der Waals surface area (Å²) in [6.45, 7) is 6.94. The Morgan fingerprint density at radius 2 is 2.58 bits per heavy atom. The molecule has 1 unspecified atom stereocenters. The minimum atomic E-state index is 0.425. The molecule has 1 nitrogen and oxygen atoms in total. The summed E-state index contributed by atoms with van der Waals surface area (Å²) in [4.78, 5) is 1.10. The van der Waals surface area contributed by atoms with Crippen LogP contribution in [-0.2, 0) is 4.74 Å². The van der Waals surface area contributed by atoms with Crippen molar-refractivity contribution in [3.05, 3.63) is 12.7 Å². The molecule has 1 atom stereocenters. The summed E-state index contributed by atoms with van der Waals surface area (Å²) in [5.41, 5.74) is 0. The first-order valence-corrected chi connectivity index (χ1v) is 5.55. The average molecular weight is 201 g/mol. The van der Waals surface area contributed by atoms with Gasteiger partial charge in [-0.25, -0.2) is 0 Å². The third-order valence-electron chi connectivity index (χ3n) is 1.73. The molecule has 0 saturated carbocycles. The predicted molar refractivity (Wildman–Crippen MR) is 57.8 cm³/mol. The van der Waals surface area contributed by atoms with Crippen molar-refractivity contribution in [3.63, 3.8) is 0 Å². The Labute approximate surface area is 83.6 Å². The SMILES string of the molecule is [CH]=CCCC(=S)C1COCCS1. The molecule has 1 rings (SSSR count). The highest BCUT2D eigenvalue weighted by Crippen LogP contribution is 2.19. The first-order valence-electron chi connectivity index (χ1n) is 4.10. The van der Waals surface area contributed by atoms with Crippen LogP contribution in [0, 0.1) is 6.58 Å². The van der Waals surface area contributed by atoms with E-state index in [9.17, 15) is 0 Å². The van der Waals surface area contributed by atoms with Crippen LogP contribution in [0.25, 0.3) is 0 Å². The normalized spacial score (nSPS) is 23.5. The van der Waals surface area contributed by atoms with Gasteiger partial charge in [-0.1, -0.05) is 24.9 Å². The maximum atomic E-state index is 5.33. The van der Waals surface area contributed by atoms with Gasteiger partial charge in [0.2, 0.25) is 0 Å². The van der Waals surface area contributed by atoms with Gasteiger partial charge in [-0.2, -0.15) is 0 Å². The van der Waals surface area contributed by atoms with E-state index < -0.39 is 0 Å². The Morgan fingerprint density at radius 3 is 3.17 bits per heavy atom. The summed E-state index contributed by atoms with van der Waals surface area (Å²) < 4.78 is 5.33. The highest BCUT2D eigenvalue weighted by molar-refractivity contribution is 8.01. The van der Waals surface area contributed by atoms with E-state index in [2.05, 4.69) is 0 Å². The van der Waals surface area contributed by atoms with Gasteiger partial charge in [0.25, 0.3) is 0 Å². The predicted octanol–water partition coefficient (Wildman–Crippen LogP) is 2.26. The molecule has 1 saturated heterocycles. The molecule has 1 radical (unpaired) electrons. The van der Waals surface area contributed by atoms with Gasteiger partial charge in [-0.15, -0.1) is 11.8 Å². The summed E-state index contributed by atoms with van der Waals surface area (Å²) in [7, 11) is 0. The average Bonchev–Trinajstić information content (AvgIpc) is 2.15. The molecule has 0 amide bonds. The number of hydrogen-bond acceptors (Lipinski definition) is 3. The number of thiocarbonyl (C=S) groups is 1. The lowest BCUT2D eigenvalue weighted by Gasteiger charge is -2.22. The van der Waals surface area contributed by atoms with E-state index in [1.807, 2.05) is 11.8 Å². The van der Waals surface area contributed by atoms with Crippen LogP contribution in [-0.4, -0.2) is 29.1 Å². The van der Waals surface area contributed by atoms with Crippen molar-refractivity contribution >= 4 is 28.8 Å². The van der Waals surface area contributed by atoms with Crippen molar-refractivity contribution < 1.29 is 4.74 Å². The molecule has 0 bridgehead atoms. The van der Waals surface area contributed by atoms with Crippen molar-refractivity contribution in [3.8, 4) is 0 Å². The van der Waals surface area contributed by atoms with Crippen LogP contribution in [0.15, 0.2) is 6.08 Å². The van der Waals surface area contributed by atoms with E-state index in [4.69, 9.17) is 23.5 Å². The molecule has 67 valence electrons. The Morgan fingerprint density at radius 1 is 1.75 bits per heavy atom. The minimum absolute atomic E-state index is 0.425. The molecule has 1 aliphatic heterocycles. The van der Waals surface area contributed by atoms with E-state index in [1.54, 1.807) is 6.08 Å². The molecule has 0 N–H and O–H groups in total. The van der Waals surface area contributed by atoms with Gasteiger partial charge in [0, 0.05) is 10.6 Å². The fraction of sp³-hybridized carbons (Fsp3) is 0.667. The molecule has 1 aliphatic rings. The van der Waals surface area contributed by atoms with Gasteiger partial charge >= 0.3 is 0 Å². The molecule has 1 fully saturated rings. The van der Waals surface area contributed by atoms with Gasteiger partial charge in [-0.3, -0.25) is 0 Å². The Balaban J connectivity index is 2.24. The van der Waals surface area contributed by atoms with Gasteiger partial charge in [-0.05, 0) is 12.8 Å². The number of hydrogen-bond donors (Lipinski definition) is 0. The second-order valence-electron chi connectivity index (χ2n) is 2.68. The van der Waals surface area contributed by atoms with E-state index in [0.29, 0.717) is 5.25 Å². The van der Waals surface area contributed by atoms with Crippen molar-refractivity contribution in [2.75, 3.05) is 19.0 Å². The van der Waals surface area contributed by atoms with Crippen LogP contribution < -0.4 is 0 Å². The van der Waals surface area contributed by atoms with Gasteiger partial charge in [0.05, 0.1) is 18.5 Å². The highest BCUT2D eigenvalue weighted by Gasteiger charge is 2.17. The molecule has 0 aromatic carbocycles. The highest BCUT2D eigenvalue weighted by atomic mass is 32.2. The van der Waals surface area contributed by atoms with Crippen LogP contribution >= 0.6 is 24.0 Å². The lowest BCUT2D eigenvalue weighted by molar-refractivity contribution is 0.153. The zero-order valence-electron chi connectivity index (χ0n) is 6.99. The Kier molecular flexibility index (Phi) is 4.88. The maximum Gasteiger partial charge on any atom is 0.0631 e. The molecule has 12 heavy (non-hydrogen) atoms. The summed E-state index contributed by atoms with van der Waals surface area (Å²) in [6.07, 6.45) is 3.48. The number of allylic oxidation sites excluding steroid dienone is 1. The number of ether oxygens (including phenoxy) is 1. The van der Waals surface area contributed by atoms with E-state index in [-0.39, 0.29) is 0 Å². The van der Waals surface area contributed by atoms with Crippen molar-refractivity contribution in [2.45, 2.75) is 18.1 Å². The Bertz CT molecular complexity index is 162. The molecule has 3 heteroatoms. The van der Waals surface area contributed by atoms with Crippen molar-refractivity contribution in [2.24, 2.45) is 0 Å². The standard InChI is InChI=1S/C9H13OS2/c1-2-3-4-8(11)9-7-10-5-6-12-9/h1-2,9H,3-7H2. The summed E-state index contributed by atoms with van der Waals surface area (Å²) in [5.74, 6) is 1.07. The molecule has 0 aromatic rings. The first-order chi connectivity index (χ1) is 5.84. The van der Waals surface area contributed by atoms with E-state index in [0.717, 1.165) is 36.7 Å². The molecule has 0 aliphatic carbocycles. The molecular formula is C9H13OS2. The first kappa shape index (κ1) is 10.2. The number of thioether (sulfide) groups is 1. The van der Waals surface area contributed by atoms with Gasteiger partial charge in [0.1, 0.15) is 0 Å². The maximum absolute atomic E-state index is 5.33. The largest absolute Gasteiger partial charge is 0.379 e. The lowest BCUT2D eigenvalue weighted by Crippen LogP contribution is -2.27. The lowest BCUT2D eigenvalue weighted by atomic mass is 10.2. The zero-order valence-corrected chi connectivity index (χ0v) is 8.63. The third-order valence-corrected chi connectivity index (χ3v) is 3.60. The molecule has 0 aromatic heterocycles. The van der Waals surface area contributed by atoms with Gasteiger partial charge < -0.3 is 4.74 Å². The summed E-state index contributed by atoms with van der Waals surface area (Å²) in [5, 5.41) is 0.425. The van der Waals surface area contributed by atoms with E-state index >= 15 is 0 Å². The second kappa shape index (κ2) is 5.73. The van der Waals surface area contributed by atoms with E-state index in [1.165, 1.54) is 0 Å². The Hall–Kier alpha value is 0.140. The molecular weight excluding hydrogens is 188 g/mol. The van der Waals surface area contributed by atoms with Crippen LogP contribution in [0.5, 0.6) is 0 Å². The smallest absolute Gasteiger partial charge is 0.0631 e. The molecule has 1 heterocycles. The van der Waals surface area contributed by atoms with Crippen molar-refractivity contribution in [1.29, 1.82) is 0 Å². The van der Waals surface area contributed by atoms with Crippen LogP contribution in [0.1, 0.15) is 12.8 Å². The quantitative estimate of drug-likeness (QED) is 0.646. The summed E-state index contributed by atoms with van der Waals surface area (Å²) in [6, 6.07) is 0. The zero-order chi connectivity index (χ0) is 8.81. The number of rotatable bonds is 4. The fourth-order valence-corrected chi connectivity index (χ4v) is 2.45. The molecule has 0 spiro atoms. The van der Waals surface area contributed by atoms with Crippen LogP contribution in [0.2, 0.25) is 0 Å². The fourth-order valence-electron chi connectivity index (χ4n) is 1.06. The monoisotopic (exact) mass is 201 g/mol.